The van der Waals surface area contributed by atoms with Gasteiger partial charge in [-0.15, -0.1) is 0 Å². The molecule has 1 atom stereocenters. The van der Waals surface area contributed by atoms with Gasteiger partial charge in [-0.2, -0.15) is 0 Å². The van der Waals surface area contributed by atoms with Crippen molar-refractivity contribution in [2.75, 3.05) is 37.6 Å². The van der Waals surface area contributed by atoms with Crippen LogP contribution in [-0.4, -0.2) is 49.4 Å². The van der Waals surface area contributed by atoms with Crippen LogP contribution >= 0.6 is 0 Å². The van der Waals surface area contributed by atoms with E-state index in [1.165, 1.54) is 24.8 Å². The molecule has 164 valence electrons. The van der Waals surface area contributed by atoms with Crippen LogP contribution in [-0.2, 0) is 16.0 Å². The summed E-state index contributed by atoms with van der Waals surface area (Å²) in [5.74, 6) is 0.561. The number of anilines is 1. The molecule has 2 saturated heterocycles. The molecule has 2 amide bonds. The van der Waals surface area contributed by atoms with Gasteiger partial charge >= 0.3 is 0 Å². The molecular weight excluding hydrogens is 386 g/mol. The topological polar surface area (TPSA) is 52.7 Å². The summed E-state index contributed by atoms with van der Waals surface area (Å²) in [6.07, 6.45) is 4.91. The number of para-hydroxylation sites is 1. The molecule has 4 rings (SSSR count). The molecule has 2 aliphatic rings. The Kier molecular flexibility index (Phi) is 7.36. The van der Waals surface area contributed by atoms with E-state index in [1.807, 2.05) is 35.2 Å². The second kappa shape index (κ2) is 10.6. The smallest absolute Gasteiger partial charge is 0.232 e. The number of hydrogen-bond acceptors (Lipinski definition) is 3. The molecule has 2 aromatic carbocycles. The Morgan fingerprint density at radius 2 is 1.68 bits per heavy atom. The third kappa shape index (κ3) is 5.95. The minimum Gasteiger partial charge on any atom is -0.355 e. The highest BCUT2D eigenvalue weighted by molar-refractivity contribution is 5.99. The molecule has 2 aliphatic heterocycles. The second-order valence-electron chi connectivity index (χ2n) is 8.86. The molecule has 0 aliphatic carbocycles. The molecule has 0 radical (unpaired) electrons. The lowest BCUT2D eigenvalue weighted by Gasteiger charge is -2.33. The van der Waals surface area contributed by atoms with Gasteiger partial charge < -0.3 is 15.1 Å². The number of nitrogens with zero attached hydrogens (tertiary/aromatic N) is 2. The zero-order valence-electron chi connectivity index (χ0n) is 18.2. The van der Waals surface area contributed by atoms with Gasteiger partial charge in [0.25, 0.3) is 0 Å². The molecule has 0 saturated carbocycles. The Morgan fingerprint density at radius 3 is 2.32 bits per heavy atom. The number of amides is 2. The minimum atomic E-state index is -0.249. The zero-order valence-corrected chi connectivity index (χ0v) is 18.2. The monoisotopic (exact) mass is 419 g/mol. The molecular formula is C26H33N3O2. The number of likely N-dealkylation sites (tertiary alicyclic amines) is 1. The van der Waals surface area contributed by atoms with Crippen LogP contribution in [0, 0.1) is 11.8 Å². The van der Waals surface area contributed by atoms with Crippen LogP contribution in [0.2, 0.25) is 0 Å². The van der Waals surface area contributed by atoms with Gasteiger partial charge in [-0.1, -0.05) is 48.5 Å². The van der Waals surface area contributed by atoms with Crippen molar-refractivity contribution in [3.63, 3.8) is 0 Å². The molecule has 2 fully saturated rings. The molecule has 1 unspecified atom stereocenters. The number of benzene rings is 2. The predicted octanol–water partition coefficient (Wildman–Crippen LogP) is 3.50. The lowest BCUT2D eigenvalue weighted by atomic mass is 9.90. The fourth-order valence-electron chi connectivity index (χ4n) is 4.79. The van der Waals surface area contributed by atoms with Gasteiger partial charge in [-0.3, -0.25) is 9.59 Å². The van der Waals surface area contributed by atoms with Crippen molar-refractivity contribution in [1.82, 2.24) is 10.2 Å². The molecule has 0 spiro atoms. The third-order valence-electron chi connectivity index (χ3n) is 6.59. The lowest BCUT2D eigenvalue weighted by molar-refractivity contribution is -0.124. The van der Waals surface area contributed by atoms with Crippen molar-refractivity contribution in [1.29, 1.82) is 0 Å². The van der Waals surface area contributed by atoms with Crippen molar-refractivity contribution < 1.29 is 9.59 Å². The van der Waals surface area contributed by atoms with Crippen LogP contribution in [0.1, 0.15) is 31.2 Å². The van der Waals surface area contributed by atoms with Gasteiger partial charge in [-0.05, 0) is 68.9 Å². The van der Waals surface area contributed by atoms with Gasteiger partial charge in [0.15, 0.2) is 0 Å². The molecule has 2 aromatic rings. The SMILES string of the molecule is O=C1CC(C(=O)N(CCCN2CCC(Cc3ccccc3)CC2)c2ccccc2)CN1. The summed E-state index contributed by atoms with van der Waals surface area (Å²) in [4.78, 5) is 29.1. The maximum Gasteiger partial charge on any atom is 0.232 e. The Morgan fingerprint density at radius 1 is 1.00 bits per heavy atom. The average Bonchev–Trinajstić information content (AvgIpc) is 3.25. The highest BCUT2D eigenvalue weighted by Gasteiger charge is 2.32. The number of nitrogens with one attached hydrogen (secondary N) is 1. The number of rotatable bonds is 8. The van der Waals surface area contributed by atoms with Crippen LogP contribution in [0.3, 0.4) is 0 Å². The van der Waals surface area contributed by atoms with Crippen LogP contribution in [0.5, 0.6) is 0 Å². The van der Waals surface area contributed by atoms with E-state index in [0.29, 0.717) is 19.5 Å². The number of hydrogen-bond donors (Lipinski definition) is 1. The van der Waals surface area contributed by atoms with Crippen molar-refractivity contribution in [2.45, 2.75) is 32.1 Å². The van der Waals surface area contributed by atoms with E-state index in [2.05, 4.69) is 40.5 Å². The molecule has 31 heavy (non-hydrogen) atoms. The summed E-state index contributed by atoms with van der Waals surface area (Å²) in [6.45, 7) is 4.43. The van der Waals surface area contributed by atoms with E-state index < -0.39 is 0 Å². The van der Waals surface area contributed by atoms with Crippen molar-refractivity contribution >= 4 is 17.5 Å². The summed E-state index contributed by atoms with van der Waals surface area (Å²) in [5, 5.41) is 2.79. The third-order valence-corrected chi connectivity index (χ3v) is 6.59. The van der Waals surface area contributed by atoms with Gasteiger partial charge in [0.1, 0.15) is 0 Å². The largest absolute Gasteiger partial charge is 0.355 e. The number of piperidine rings is 1. The van der Waals surface area contributed by atoms with Gasteiger partial charge in [-0.25, -0.2) is 0 Å². The molecule has 2 heterocycles. The Bertz CT molecular complexity index is 847. The lowest BCUT2D eigenvalue weighted by Crippen LogP contribution is -2.40. The van der Waals surface area contributed by atoms with Crippen molar-refractivity contribution in [3.05, 3.63) is 66.2 Å². The quantitative estimate of drug-likeness (QED) is 0.713. The van der Waals surface area contributed by atoms with Gasteiger partial charge in [0.2, 0.25) is 11.8 Å². The van der Waals surface area contributed by atoms with E-state index in [9.17, 15) is 9.59 Å². The molecule has 1 N–H and O–H groups in total. The van der Waals surface area contributed by atoms with E-state index in [4.69, 9.17) is 0 Å². The summed E-state index contributed by atoms with van der Waals surface area (Å²) in [7, 11) is 0. The Hall–Kier alpha value is -2.66. The van der Waals surface area contributed by atoms with Gasteiger partial charge in [0, 0.05) is 25.2 Å². The molecule has 0 aromatic heterocycles. The highest BCUT2D eigenvalue weighted by atomic mass is 16.2. The van der Waals surface area contributed by atoms with E-state index >= 15 is 0 Å². The minimum absolute atomic E-state index is 0.0234. The molecule has 5 heteroatoms. The summed E-state index contributed by atoms with van der Waals surface area (Å²) < 4.78 is 0. The first-order valence-electron chi connectivity index (χ1n) is 11.6. The predicted molar refractivity (Wildman–Crippen MR) is 124 cm³/mol. The molecule has 5 nitrogen and oxygen atoms in total. The summed E-state index contributed by atoms with van der Waals surface area (Å²) in [6, 6.07) is 20.7. The summed E-state index contributed by atoms with van der Waals surface area (Å²) >= 11 is 0. The maximum atomic E-state index is 13.1. The standard InChI is InChI=1S/C26H33N3O2/c30-25-19-23(20-27-25)26(31)29(24-10-5-2-6-11-24)15-7-14-28-16-12-22(13-17-28)18-21-8-3-1-4-9-21/h1-6,8-11,22-23H,7,12-20H2,(H,27,30). The Labute approximate surface area is 185 Å². The van der Waals surface area contributed by atoms with E-state index in [-0.39, 0.29) is 17.7 Å². The first-order chi connectivity index (χ1) is 15.2. The summed E-state index contributed by atoms with van der Waals surface area (Å²) in [5.41, 5.74) is 2.37. The average molecular weight is 420 g/mol. The molecule has 0 bridgehead atoms. The second-order valence-corrected chi connectivity index (χ2v) is 8.86. The number of carbonyl (C=O) groups is 2. The normalized spacial score (nSPS) is 19.9. The van der Waals surface area contributed by atoms with E-state index in [0.717, 1.165) is 37.7 Å². The first-order valence-corrected chi connectivity index (χ1v) is 11.6. The van der Waals surface area contributed by atoms with Crippen LogP contribution < -0.4 is 10.2 Å². The first kappa shape index (κ1) is 21.6. The van der Waals surface area contributed by atoms with Crippen LogP contribution in [0.25, 0.3) is 0 Å². The van der Waals surface area contributed by atoms with Crippen molar-refractivity contribution in [2.24, 2.45) is 11.8 Å². The highest BCUT2D eigenvalue weighted by Crippen LogP contribution is 2.23. The van der Waals surface area contributed by atoms with Crippen molar-refractivity contribution in [3.8, 4) is 0 Å². The fourth-order valence-corrected chi connectivity index (χ4v) is 4.79. The number of carbonyl (C=O) groups excluding carboxylic acids is 2. The van der Waals surface area contributed by atoms with Gasteiger partial charge in [0.05, 0.1) is 5.92 Å². The van der Waals surface area contributed by atoms with Crippen LogP contribution in [0.4, 0.5) is 5.69 Å². The maximum absolute atomic E-state index is 13.1. The zero-order chi connectivity index (χ0) is 21.5. The van der Waals surface area contributed by atoms with Crippen LogP contribution in [0.15, 0.2) is 60.7 Å². The fraction of sp³-hybridized carbons (Fsp3) is 0.462. The Balaban J connectivity index is 1.26. The van der Waals surface area contributed by atoms with E-state index in [1.54, 1.807) is 0 Å².